The number of thioether (sulfide) groups is 1. The Hall–Kier alpha value is -0.410. The molecule has 1 N–H and O–H groups in total. The van der Waals surface area contributed by atoms with Crippen LogP contribution in [0.5, 0.6) is 0 Å². The Morgan fingerprint density at radius 3 is 3.18 bits per heavy atom. The molecule has 0 aromatic carbocycles. The van der Waals surface area contributed by atoms with Gasteiger partial charge in [-0.25, -0.2) is 0 Å². The van der Waals surface area contributed by atoms with Crippen molar-refractivity contribution in [3.8, 4) is 0 Å². The molecule has 60 valence electrons. The average Bonchev–Trinajstić information content (AvgIpc) is 2.55. The average molecular weight is 169 g/mol. The molecule has 2 atom stereocenters. The second-order valence-electron chi connectivity index (χ2n) is 2.84. The SMILES string of the molecule is CC1CSC(c2ccoc2)N1. The second kappa shape index (κ2) is 2.91. The Kier molecular flexibility index (Phi) is 1.92. The van der Waals surface area contributed by atoms with Crippen LogP contribution in [0.2, 0.25) is 0 Å². The predicted octanol–water partition coefficient (Wildman–Crippen LogP) is 2.00. The van der Waals surface area contributed by atoms with E-state index in [4.69, 9.17) is 4.42 Å². The number of rotatable bonds is 1. The maximum absolute atomic E-state index is 5.01. The molecule has 11 heavy (non-hydrogen) atoms. The van der Waals surface area contributed by atoms with Gasteiger partial charge in [0.2, 0.25) is 0 Å². The van der Waals surface area contributed by atoms with Crippen molar-refractivity contribution in [2.75, 3.05) is 5.75 Å². The van der Waals surface area contributed by atoms with E-state index in [1.54, 1.807) is 6.26 Å². The highest BCUT2D eigenvalue weighted by molar-refractivity contribution is 7.99. The molecule has 0 radical (unpaired) electrons. The van der Waals surface area contributed by atoms with Crippen molar-refractivity contribution < 1.29 is 4.42 Å². The lowest BCUT2D eigenvalue weighted by Crippen LogP contribution is -2.21. The van der Waals surface area contributed by atoms with Gasteiger partial charge in [0.25, 0.3) is 0 Å². The van der Waals surface area contributed by atoms with Crippen molar-refractivity contribution in [3.05, 3.63) is 24.2 Å². The van der Waals surface area contributed by atoms with Gasteiger partial charge in [-0.15, -0.1) is 11.8 Å². The molecule has 1 aliphatic heterocycles. The van der Waals surface area contributed by atoms with Crippen molar-refractivity contribution in [2.45, 2.75) is 18.3 Å². The highest BCUT2D eigenvalue weighted by atomic mass is 32.2. The molecule has 2 unspecified atom stereocenters. The molecule has 1 aromatic heterocycles. The number of nitrogens with one attached hydrogen (secondary N) is 1. The van der Waals surface area contributed by atoms with E-state index in [-0.39, 0.29) is 0 Å². The van der Waals surface area contributed by atoms with E-state index in [0.29, 0.717) is 11.4 Å². The first-order valence-electron chi connectivity index (χ1n) is 3.76. The quantitative estimate of drug-likeness (QED) is 0.696. The zero-order valence-electron chi connectivity index (χ0n) is 6.41. The van der Waals surface area contributed by atoms with E-state index in [2.05, 4.69) is 12.2 Å². The highest BCUT2D eigenvalue weighted by Crippen LogP contribution is 2.32. The fourth-order valence-electron chi connectivity index (χ4n) is 1.21. The van der Waals surface area contributed by atoms with Crippen LogP contribution >= 0.6 is 11.8 Å². The Balaban J connectivity index is 2.08. The van der Waals surface area contributed by atoms with E-state index in [0.717, 1.165) is 0 Å². The number of hydrogen-bond acceptors (Lipinski definition) is 3. The lowest BCUT2D eigenvalue weighted by Gasteiger charge is -2.06. The predicted molar refractivity (Wildman–Crippen MR) is 46.5 cm³/mol. The standard InChI is InChI=1S/C8H11NOS/c1-6-5-11-8(9-6)7-2-3-10-4-7/h2-4,6,8-9H,5H2,1H3. The number of hydrogen-bond donors (Lipinski definition) is 1. The van der Waals surface area contributed by atoms with E-state index in [9.17, 15) is 0 Å². The molecule has 2 nitrogen and oxygen atoms in total. The van der Waals surface area contributed by atoms with Crippen LogP contribution in [-0.4, -0.2) is 11.8 Å². The minimum atomic E-state index is 0.448. The molecule has 0 bridgehead atoms. The first-order chi connectivity index (χ1) is 5.36. The Labute approximate surface area is 70.4 Å². The minimum absolute atomic E-state index is 0.448. The van der Waals surface area contributed by atoms with Crippen LogP contribution < -0.4 is 5.32 Å². The smallest absolute Gasteiger partial charge is 0.0959 e. The van der Waals surface area contributed by atoms with Crippen LogP contribution in [0.3, 0.4) is 0 Å². The molecule has 0 saturated carbocycles. The molecule has 0 aliphatic carbocycles. The molecule has 2 heterocycles. The molecular weight excluding hydrogens is 158 g/mol. The molecule has 1 aliphatic rings. The Bertz CT molecular complexity index is 222. The summed E-state index contributed by atoms with van der Waals surface area (Å²) in [6.07, 6.45) is 3.53. The van der Waals surface area contributed by atoms with Gasteiger partial charge in [0.05, 0.1) is 17.9 Å². The van der Waals surface area contributed by atoms with Gasteiger partial charge in [0.15, 0.2) is 0 Å². The van der Waals surface area contributed by atoms with Crippen LogP contribution in [0.1, 0.15) is 17.9 Å². The van der Waals surface area contributed by atoms with Crippen LogP contribution in [0.4, 0.5) is 0 Å². The lowest BCUT2D eigenvalue weighted by atomic mass is 10.3. The molecule has 1 saturated heterocycles. The molecule has 3 heteroatoms. The van der Waals surface area contributed by atoms with Crippen molar-refractivity contribution in [1.29, 1.82) is 0 Å². The largest absolute Gasteiger partial charge is 0.472 e. The van der Waals surface area contributed by atoms with Crippen molar-refractivity contribution >= 4 is 11.8 Å². The molecule has 0 amide bonds. The maximum atomic E-state index is 5.01. The zero-order valence-corrected chi connectivity index (χ0v) is 7.23. The Morgan fingerprint density at radius 1 is 1.73 bits per heavy atom. The fraction of sp³-hybridized carbons (Fsp3) is 0.500. The van der Waals surface area contributed by atoms with Gasteiger partial charge in [-0.3, -0.25) is 5.32 Å². The Morgan fingerprint density at radius 2 is 2.64 bits per heavy atom. The monoisotopic (exact) mass is 169 g/mol. The van der Waals surface area contributed by atoms with Gasteiger partial charge in [-0.1, -0.05) is 0 Å². The van der Waals surface area contributed by atoms with Crippen LogP contribution in [0.25, 0.3) is 0 Å². The van der Waals surface area contributed by atoms with Gasteiger partial charge >= 0.3 is 0 Å². The van der Waals surface area contributed by atoms with Crippen LogP contribution in [0.15, 0.2) is 23.0 Å². The van der Waals surface area contributed by atoms with E-state index < -0.39 is 0 Å². The molecule has 2 rings (SSSR count). The third-order valence-electron chi connectivity index (χ3n) is 1.79. The first-order valence-corrected chi connectivity index (χ1v) is 4.81. The minimum Gasteiger partial charge on any atom is -0.472 e. The van der Waals surface area contributed by atoms with Crippen molar-refractivity contribution in [1.82, 2.24) is 5.32 Å². The summed E-state index contributed by atoms with van der Waals surface area (Å²) in [6.45, 7) is 2.20. The summed E-state index contributed by atoms with van der Waals surface area (Å²) in [6, 6.07) is 2.64. The highest BCUT2D eigenvalue weighted by Gasteiger charge is 2.22. The third-order valence-corrected chi connectivity index (χ3v) is 3.23. The normalized spacial score (nSPS) is 31.0. The topological polar surface area (TPSA) is 25.2 Å². The molecular formula is C8H11NOS. The van der Waals surface area contributed by atoms with E-state index >= 15 is 0 Å². The summed E-state index contributed by atoms with van der Waals surface area (Å²) in [5.41, 5.74) is 1.25. The maximum Gasteiger partial charge on any atom is 0.0959 e. The fourth-order valence-corrected chi connectivity index (χ4v) is 2.44. The van der Waals surface area contributed by atoms with E-state index in [1.165, 1.54) is 11.3 Å². The first kappa shape index (κ1) is 7.25. The summed E-state index contributed by atoms with van der Waals surface area (Å²) < 4.78 is 5.01. The van der Waals surface area contributed by atoms with Gasteiger partial charge in [0.1, 0.15) is 0 Å². The van der Waals surface area contributed by atoms with Crippen LogP contribution in [0, 0.1) is 0 Å². The second-order valence-corrected chi connectivity index (χ2v) is 3.98. The van der Waals surface area contributed by atoms with Crippen molar-refractivity contribution in [2.24, 2.45) is 0 Å². The van der Waals surface area contributed by atoms with Crippen LogP contribution in [-0.2, 0) is 0 Å². The summed E-state index contributed by atoms with van der Waals surface area (Å²) >= 11 is 1.94. The molecule has 1 fully saturated rings. The third kappa shape index (κ3) is 1.44. The van der Waals surface area contributed by atoms with Crippen molar-refractivity contribution in [3.63, 3.8) is 0 Å². The summed E-state index contributed by atoms with van der Waals surface area (Å²) in [5, 5.41) is 3.91. The summed E-state index contributed by atoms with van der Waals surface area (Å²) in [7, 11) is 0. The van der Waals surface area contributed by atoms with Gasteiger partial charge < -0.3 is 4.42 Å². The molecule has 0 spiro atoms. The van der Waals surface area contributed by atoms with Gasteiger partial charge in [-0.05, 0) is 13.0 Å². The van der Waals surface area contributed by atoms with Gasteiger partial charge in [-0.2, -0.15) is 0 Å². The number of furan rings is 1. The molecule has 1 aromatic rings. The lowest BCUT2D eigenvalue weighted by molar-refractivity contribution is 0.556. The summed E-state index contributed by atoms with van der Waals surface area (Å²) in [4.78, 5) is 0. The zero-order chi connectivity index (χ0) is 7.68. The van der Waals surface area contributed by atoms with Gasteiger partial charge in [0, 0.05) is 17.4 Å². The summed E-state index contributed by atoms with van der Waals surface area (Å²) in [5.74, 6) is 1.19. The van der Waals surface area contributed by atoms with E-state index in [1.807, 2.05) is 24.1 Å².